The number of oxime groups is 1. The molecule has 0 spiro atoms. The summed E-state index contributed by atoms with van der Waals surface area (Å²) in [6.07, 6.45) is 4.90. The Kier molecular flexibility index (Phi) is 4.53. The van der Waals surface area contributed by atoms with Gasteiger partial charge in [0.1, 0.15) is 5.82 Å². The van der Waals surface area contributed by atoms with Gasteiger partial charge in [-0.15, -0.1) is 0 Å². The molecule has 0 amide bonds. The molecule has 2 aromatic heterocycles. The molecule has 0 saturated carbocycles. The number of amidine groups is 1. The van der Waals surface area contributed by atoms with E-state index in [4.69, 9.17) is 21.1 Å². The van der Waals surface area contributed by atoms with E-state index in [0.29, 0.717) is 28.7 Å². The van der Waals surface area contributed by atoms with Crippen molar-refractivity contribution in [3.05, 3.63) is 66.5 Å². The molecule has 0 fully saturated rings. The van der Waals surface area contributed by atoms with E-state index < -0.39 is 0 Å². The van der Waals surface area contributed by atoms with Crippen molar-refractivity contribution < 1.29 is 9.62 Å². The first-order chi connectivity index (χ1) is 12.6. The number of benzene rings is 1. The van der Waals surface area contributed by atoms with Gasteiger partial charge < -0.3 is 21.1 Å². The molecule has 7 heteroatoms. The second kappa shape index (κ2) is 6.94. The molecule has 7 nitrogen and oxygen atoms in total. The van der Waals surface area contributed by atoms with Gasteiger partial charge in [-0.25, -0.2) is 9.97 Å². The van der Waals surface area contributed by atoms with Crippen LogP contribution in [0.25, 0.3) is 34.9 Å². The minimum Gasteiger partial charge on any atom is -0.436 e. The number of oxazole rings is 1. The average Bonchev–Trinajstić information content (AvgIpc) is 3.16. The van der Waals surface area contributed by atoms with E-state index in [9.17, 15) is 0 Å². The molecule has 0 aliphatic heterocycles. The Morgan fingerprint density at radius 3 is 2.54 bits per heavy atom. The van der Waals surface area contributed by atoms with Gasteiger partial charge in [0, 0.05) is 22.3 Å². The SMILES string of the molecule is C=Cc1nc(N)cc(-c2cnc(-c3ccc(/C(N)=N/O)cc3)o2)c1C=C. The summed E-state index contributed by atoms with van der Waals surface area (Å²) in [5.41, 5.74) is 14.9. The predicted molar refractivity (Wildman–Crippen MR) is 102 cm³/mol. The average molecular weight is 347 g/mol. The first-order valence-electron chi connectivity index (χ1n) is 7.67. The highest BCUT2D eigenvalue weighted by Gasteiger charge is 2.15. The van der Waals surface area contributed by atoms with Crippen molar-refractivity contribution in [3.63, 3.8) is 0 Å². The maximum absolute atomic E-state index is 8.72. The summed E-state index contributed by atoms with van der Waals surface area (Å²) in [4.78, 5) is 8.55. The molecule has 2 heterocycles. The summed E-state index contributed by atoms with van der Waals surface area (Å²) < 4.78 is 5.89. The van der Waals surface area contributed by atoms with Gasteiger partial charge in [0.2, 0.25) is 5.89 Å². The Morgan fingerprint density at radius 2 is 1.92 bits per heavy atom. The summed E-state index contributed by atoms with van der Waals surface area (Å²) in [5.74, 6) is 1.34. The Labute approximate surface area is 150 Å². The number of rotatable bonds is 5. The third kappa shape index (κ3) is 3.05. The maximum atomic E-state index is 8.72. The van der Waals surface area contributed by atoms with E-state index in [1.165, 1.54) is 0 Å². The van der Waals surface area contributed by atoms with E-state index in [1.807, 2.05) is 0 Å². The minimum absolute atomic E-state index is 0.0319. The topological polar surface area (TPSA) is 124 Å². The summed E-state index contributed by atoms with van der Waals surface area (Å²) in [6.45, 7) is 7.57. The number of aromatic nitrogens is 2. The third-order valence-electron chi connectivity index (χ3n) is 3.81. The Balaban J connectivity index is 2.02. The van der Waals surface area contributed by atoms with Crippen molar-refractivity contribution in [1.82, 2.24) is 9.97 Å². The fourth-order valence-corrected chi connectivity index (χ4v) is 2.54. The van der Waals surface area contributed by atoms with E-state index >= 15 is 0 Å². The smallest absolute Gasteiger partial charge is 0.226 e. The number of hydrogen-bond acceptors (Lipinski definition) is 6. The lowest BCUT2D eigenvalue weighted by molar-refractivity contribution is 0.318. The van der Waals surface area contributed by atoms with Crippen LogP contribution in [0.2, 0.25) is 0 Å². The highest BCUT2D eigenvalue weighted by Crippen LogP contribution is 2.32. The molecule has 0 radical (unpaired) electrons. The van der Waals surface area contributed by atoms with Crippen LogP contribution in [0.4, 0.5) is 5.82 Å². The summed E-state index contributed by atoms with van der Waals surface area (Å²) >= 11 is 0. The van der Waals surface area contributed by atoms with Gasteiger partial charge in [-0.3, -0.25) is 0 Å². The second-order valence-corrected chi connectivity index (χ2v) is 5.39. The van der Waals surface area contributed by atoms with Crippen LogP contribution in [0, 0.1) is 0 Å². The van der Waals surface area contributed by atoms with Gasteiger partial charge in [0.05, 0.1) is 11.9 Å². The largest absolute Gasteiger partial charge is 0.436 e. The molecule has 3 rings (SSSR count). The Hall–Kier alpha value is -3.87. The van der Waals surface area contributed by atoms with Gasteiger partial charge in [0.15, 0.2) is 11.6 Å². The van der Waals surface area contributed by atoms with Crippen molar-refractivity contribution in [2.75, 3.05) is 5.73 Å². The van der Waals surface area contributed by atoms with E-state index in [-0.39, 0.29) is 5.84 Å². The van der Waals surface area contributed by atoms with Crippen molar-refractivity contribution in [3.8, 4) is 22.8 Å². The van der Waals surface area contributed by atoms with Crippen LogP contribution in [0.15, 0.2) is 59.3 Å². The number of nitrogen functional groups attached to an aromatic ring is 1. The molecule has 1 aromatic carbocycles. The zero-order valence-electron chi connectivity index (χ0n) is 13.9. The zero-order chi connectivity index (χ0) is 18.7. The number of pyridine rings is 1. The van der Waals surface area contributed by atoms with E-state index in [0.717, 1.165) is 16.7 Å². The van der Waals surface area contributed by atoms with Crippen molar-refractivity contribution in [2.45, 2.75) is 0 Å². The second-order valence-electron chi connectivity index (χ2n) is 5.39. The van der Waals surface area contributed by atoms with Gasteiger partial charge in [-0.1, -0.05) is 36.5 Å². The number of nitrogens with zero attached hydrogens (tertiary/aromatic N) is 3. The Bertz CT molecular complexity index is 1000. The first kappa shape index (κ1) is 17.0. The van der Waals surface area contributed by atoms with Crippen LogP contribution in [0.1, 0.15) is 16.8 Å². The lowest BCUT2D eigenvalue weighted by atomic mass is 10.0. The molecule has 0 aliphatic carbocycles. The lowest BCUT2D eigenvalue weighted by Gasteiger charge is -2.07. The van der Waals surface area contributed by atoms with Crippen LogP contribution in [0.5, 0.6) is 0 Å². The quantitative estimate of drug-likeness (QED) is 0.281. The third-order valence-corrected chi connectivity index (χ3v) is 3.81. The van der Waals surface area contributed by atoms with Crippen molar-refractivity contribution in [1.29, 1.82) is 0 Å². The highest BCUT2D eigenvalue weighted by molar-refractivity contribution is 5.97. The molecule has 0 atom stereocenters. The molecular weight excluding hydrogens is 330 g/mol. The fourth-order valence-electron chi connectivity index (χ4n) is 2.54. The van der Waals surface area contributed by atoms with Crippen molar-refractivity contribution in [2.24, 2.45) is 10.9 Å². The maximum Gasteiger partial charge on any atom is 0.226 e. The minimum atomic E-state index is 0.0319. The lowest BCUT2D eigenvalue weighted by Crippen LogP contribution is -2.12. The van der Waals surface area contributed by atoms with Crippen LogP contribution in [-0.2, 0) is 0 Å². The van der Waals surface area contributed by atoms with Gasteiger partial charge >= 0.3 is 0 Å². The van der Waals surface area contributed by atoms with Gasteiger partial charge in [0.25, 0.3) is 0 Å². The highest BCUT2D eigenvalue weighted by atomic mass is 16.4. The van der Waals surface area contributed by atoms with Crippen molar-refractivity contribution >= 4 is 23.8 Å². The van der Waals surface area contributed by atoms with Crippen LogP contribution < -0.4 is 11.5 Å². The number of anilines is 1. The molecular formula is C19H17N5O2. The fraction of sp³-hybridized carbons (Fsp3) is 0. The van der Waals surface area contributed by atoms with E-state index in [1.54, 1.807) is 48.7 Å². The normalized spacial score (nSPS) is 11.3. The standard InChI is InChI=1S/C19H17N5O2/c1-3-13-14(9-17(20)23-15(13)4-2)16-10-22-19(26-16)12-7-5-11(6-8-12)18(21)24-25/h3-10,25H,1-2H2,(H2,20,23)(H2,21,24). The van der Waals surface area contributed by atoms with Gasteiger partial charge in [-0.05, 0) is 24.3 Å². The molecule has 26 heavy (non-hydrogen) atoms. The molecule has 3 aromatic rings. The summed E-state index contributed by atoms with van der Waals surface area (Å²) in [6, 6.07) is 8.67. The zero-order valence-corrected chi connectivity index (χ0v) is 13.9. The summed E-state index contributed by atoms with van der Waals surface area (Å²) in [5, 5.41) is 11.7. The summed E-state index contributed by atoms with van der Waals surface area (Å²) in [7, 11) is 0. The molecule has 0 saturated heterocycles. The number of hydrogen-bond donors (Lipinski definition) is 3. The molecule has 5 N–H and O–H groups in total. The van der Waals surface area contributed by atoms with Crippen LogP contribution in [0.3, 0.4) is 0 Å². The molecule has 130 valence electrons. The molecule has 0 bridgehead atoms. The van der Waals surface area contributed by atoms with Gasteiger partial charge in [-0.2, -0.15) is 0 Å². The monoisotopic (exact) mass is 347 g/mol. The number of nitrogens with two attached hydrogens (primary N) is 2. The Morgan fingerprint density at radius 1 is 1.19 bits per heavy atom. The molecule has 0 unspecified atom stereocenters. The predicted octanol–water partition coefficient (Wildman–Crippen LogP) is 3.37. The van der Waals surface area contributed by atoms with Crippen LogP contribution >= 0.6 is 0 Å². The molecule has 0 aliphatic rings. The first-order valence-corrected chi connectivity index (χ1v) is 7.67. The van der Waals surface area contributed by atoms with E-state index in [2.05, 4.69) is 28.3 Å². The van der Waals surface area contributed by atoms with Crippen LogP contribution in [-0.4, -0.2) is 21.0 Å².